The monoisotopic (exact) mass is 1690 g/mol. The van der Waals surface area contributed by atoms with Crippen LogP contribution < -0.4 is 82.6 Å². The molecule has 4 saturated carbocycles. The Balaban J connectivity index is 0.963. The number of urea groups is 1. The minimum absolute atomic E-state index is 0.0616. The number of aliphatic hydroxyl groups excluding tert-OH is 5. The minimum Gasteiger partial charge on any atom is -0.508 e. The third kappa shape index (κ3) is 19.3. The van der Waals surface area contributed by atoms with Crippen molar-refractivity contribution in [3.63, 3.8) is 0 Å². The number of aryl methyl sites for hydroxylation is 1. The predicted molar refractivity (Wildman–Crippen MR) is 423 cm³/mol. The van der Waals surface area contributed by atoms with Gasteiger partial charge in [-0.3, -0.25) is 43.7 Å². The van der Waals surface area contributed by atoms with Gasteiger partial charge >= 0.3 is 6.03 Å². The standard InChI is InChI=1S/C81H95ClN12O24S/c1-34(2)19-50(84-4)73(104)93-65-67(99)39-8-15-54(35(3)20-39)115-56-28-43-29-57(72(56)118-80-71(103)70(102)69(101)58(33-83)117-80)116-55-16-9-40(27-49(55)82)68(100)66-79(110)92-64(77(108)89-61-41-22-36-21-37(24-41)25-42(61)23-36)48-30-45(95)31-53(97)60(48)47-26-38(7-14-52(47)96)62(75(106)94-66)91-76(107)63(43)90-74(105)51(87-78(65)109)32-59(98)88-81(111)86-44-10-12-46(13-11-44)114-18-6-17-85-119(5,112)113/h7-16,20,26-31,34,36-37,41-42,50-51,58,61-71,80,84-85,95-97,99-103H,6,17-19,21-25,32-33,83H2,1-5H3,(H,87,109)(H,89,108)(H,90,105)(H,91,107)(H,92,110)(H,93,104)(H,94,106)(H2,86,88,98,111)/t36?,37?,41?,42?,50-,51+,58-,61?,62-,63-,64+,65-,66+,67-,68-,69-,70+,71-,80+/m1/s1. The molecule has 15 bridgehead atoms. The number of anilines is 1. The molecule has 10 amide bonds. The summed E-state index contributed by atoms with van der Waals surface area (Å²) in [7, 11) is -1.97. The minimum atomic E-state index is -3.45. The number of likely N-dealkylation sites (N-methyl/N-ethyl adjacent to an activating group) is 1. The summed E-state index contributed by atoms with van der Waals surface area (Å²) in [5.41, 5.74) is 4.22. The summed E-state index contributed by atoms with van der Waals surface area (Å²) in [6.45, 7) is 4.87. The molecule has 6 aromatic rings. The highest BCUT2D eigenvalue weighted by Crippen LogP contribution is 2.55. The molecule has 0 radical (unpaired) electrons. The van der Waals surface area contributed by atoms with Gasteiger partial charge in [0.15, 0.2) is 11.5 Å². The lowest BCUT2D eigenvalue weighted by Gasteiger charge is -2.54. The van der Waals surface area contributed by atoms with E-state index in [0.29, 0.717) is 24.0 Å². The van der Waals surface area contributed by atoms with E-state index in [-0.39, 0.29) is 105 Å². The van der Waals surface area contributed by atoms with Crippen molar-refractivity contribution < 1.29 is 116 Å². The Labute approximate surface area is 687 Å². The number of fused-ring (bicyclic) bond motifs is 15. The van der Waals surface area contributed by atoms with Gasteiger partial charge in [-0.05, 0) is 201 Å². The van der Waals surface area contributed by atoms with Crippen LogP contribution in [0.25, 0.3) is 11.1 Å². The number of carbonyl (C=O) groups excluding carboxylic acids is 9. The first-order chi connectivity index (χ1) is 56.6. The van der Waals surface area contributed by atoms with Gasteiger partial charge in [0.05, 0.1) is 30.3 Å². The molecule has 0 spiro atoms. The summed E-state index contributed by atoms with van der Waals surface area (Å²) in [5, 5.41) is 121. The van der Waals surface area contributed by atoms with Crippen LogP contribution in [-0.4, -0.2) is 196 Å². The molecule has 5 fully saturated rings. The average molecular weight is 1690 g/mol. The van der Waals surface area contributed by atoms with E-state index in [1.165, 1.54) is 68.6 Å². The number of hydrogen-bond acceptors (Lipinski definition) is 26. The third-order valence-corrected chi connectivity index (χ3v) is 23.6. The van der Waals surface area contributed by atoms with Crippen molar-refractivity contribution >= 4 is 80.6 Å². The lowest BCUT2D eigenvalue weighted by atomic mass is 9.54. The number of ether oxygens (including phenoxy) is 5. The zero-order valence-electron chi connectivity index (χ0n) is 65.1. The Bertz CT molecular complexity index is 5010. The number of sulfonamides is 1. The number of nitrogens with one attached hydrogen (secondary N) is 11. The molecule has 4 aliphatic carbocycles. The van der Waals surface area contributed by atoms with Crippen LogP contribution in [0.4, 0.5) is 10.5 Å². The quantitative estimate of drug-likeness (QED) is 0.0518. The fourth-order valence-electron chi connectivity index (χ4n) is 16.9. The Hall–Kier alpha value is -11.0. The lowest BCUT2D eigenvalue weighted by molar-refractivity contribution is -0.270. The second kappa shape index (κ2) is 35.9. The summed E-state index contributed by atoms with van der Waals surface area (Å²) < 4.78 is 56.9. The van der Waals surface area contributed by atoms with Gasteiger partial charge in [-0.25, -0.2) is 17.9 Å². The van der Waals surface area contributed by atoms with Gasteiger partial charge in [-0.1, -0.05) is 43.6 Å². The van der Waals surface area contributed by atoms with Crippen LogP contribution in [0.5, 0.6) is 51.7 Å². The predicted octanol–water partition coefficient (Wildman–Crippen LogP) is 2.53. The molecule has 38 heteroatoms. The summed E-state index contributed by atoms with van der Waals surface area (Å²) in [5.74, 6) is -12.8. The number of halogens is 1. The summed E-state index contributed by atoms with van der Waals surface area (Å²) in [6.07, 6.45) is -8.85. The first-order valence-electron chi connectivity index (χ1n) is 38.9. The number of imide groups is 1. The number of phenols is 3. The van der Waals surface area contributed by atoms with Gasteiger partial charge in [0.2, 0.25) is 69.3 Å². The van der Waals surface area contributed by atoms with Crippen LogP contribution >= 0.6 is 11.6 Å². The van der Waals surface area contributed by atoms with Gasteiger partial charge in [0.1, 0.15) is 107 Å². The number of rotatable bonds is 19. The van der Waals surface area contributed by atoms with Crippen LogP contribution in [0.3, 0.4) is 0 Å². The van der Waals surface area contributed by atoms with Crippen molar-refractivity contribution in [1.29, 1.82) is 0 Å². The van der Waals surface area contributed by atoms with E-state index in [4.69, 9.17) is 41.0 Å². The smallest absolute Gasteiger partial charge is 0.325 e. The molecule has 0 aromatic heterocycles. The van der Waals surface area contributed by atoms with Crippen LogP contribution in [0.1, 0.15) is 129 Å². The molecule has 6 heterocycles. The van der Waals surface area contributed by atoms with Crippen molar-refractivity contribution in [2.75, 3.05) is 38.3 Å². The second-order valence-corrected chi connectivity index (χ2v) is 33.9. The Morgan fingerprint density at radius 2 is 1.30 bits per heavy atom. The number of phenolic OH excluding ortho intramolecular Hbond substituents is 3. The average Bonchev–Trinajstić information content (AvgIpc) is 0.761. The van der Waals surface area contributed by atoms with Crippen LogP contribution in [0.2, 0.25) is 5.02 Å². The Morgan fingerprint density at radius 1 is 0.664 bits per heavy atom. The molecule has 0 unspecified atom stereocenters. The zero-order valence-corrected chi connectivity index (χ0v) is 66.7. The summed E-state index contributed by atoms with van der Waals surface area (Å²) in [4.78, 5) is 138. The van der Waals surface area contributed by atoms with Crippen molar-refractivity contribution in [3.8, 4) is 62.9 Å². The number of nitrogens with two attached hydrogens (primary N) is 1. The molecule has 1 saturated heterocycles. The number of carbonyl (C=O) groups is 9. The van der Waals surface area contributed by atoms with E-state index in [1.54, 1.807) is 0 Å². The van der Waals surface area contributed by atoms with E-state index in [1.807, 2.05) is 13.8 Å². The van der Waals surface area contributed by atoms with E-state index >= 15 is 28.8 Å². The largest absolute Gasteiger partial charge is 0.508 e. The van der Waals surface area contributed by atoms with Crippen molar-refractivity contribution in [2.45, 2.75) is 163 Å². The zero-order chi connectivity index (χ0) is 85.3. The van der Waals surface area contributed by atoms with Crippen molar-refractivity contribution in [2.24, 2.45) is 35.3 Å². The molecule has 6 aromatic carbocycles. The molecule has 21 N–H and O–H groups in total. The number of hydrogen-bond donors (Lipinski definition) is 20. The molecule has 10 aliphatic rings. The van der Waals surface area contributed by atoms with Gasteiger partial charge in [0, 0.05) is 42.0 Å². The SMILES string of the molecule is CN[C@H](CC(C)C)C(=O)N[C@H]1C(=O)N[C@@H](CC(=O)NC(=O)Nc2ccc(OCCCNS(C)(=O)=O)cc2)C(=O)N[C@H]2C(=O)N[C@H]3C(=O)N[C@H](C(=O)N[C@H](C(=O)NC4C5CC6CC(C5)CC4C6)c4cc(O)cc(O)c4-c4cc3ccc4O)[C@H](O)c3ccc(c(Cl)c3)Oc3cc2cc(c3O[C@@H]2O[C@H](CN)[C@@H](O)[C@H](O)[C@H]2O)Oc2ccc(cc2C)[C@H]1O. The van der Waals surface area contributed by atoms with Gasteiger partial charge in [-0.15, -0.1) is 0 Å². The molecule has 119 heavy (non-hydrogen) atoms. The third-order valence-electron chi connectivity index (χ3n) is 22.5. The van der Waals surface area contributed by atoms with E-state index in [9.17, 15) is 63.7 Å². The molecular formula is C81H95ClN12O24S. The Kier molecular flexibility index (Phi) is 25.9. The number of aliphatic hydroxyl groups is 5. The fourth-order valence-corrected chi connectivity index (χ4v) is 17.6. The first-order valence-corrected chi connectivity index (χ1v) is 41.2. The number of amides is 10. The molecule has 14 atom stereocenters. The molecule has 636 valence electrons. The molecule has 6 aliphatic heterocycles. The maximum Gasteiger partial charge on any atom is 0.325 e. The maximum absolute atomic E-state index is 16.4. The van der Waals surface area contributed by atoms with Gasteiger partial charge < -0.3 is 118 Å². The molecule has 16 rings (SSSR count). The highest BCUT2D eigenvalue weighted by molar-refractivity contribution is 7.88. The van der Waals surface area contributed by atoms with E-state index in [0.717, 1.165) is 86.9 Å². The summed E-state index contributed by atoms with van der Waals surface area (Å²) in [6, 6.07) is 5.07. The first kappa shape index (κ1) is 85.9. The van der Waals surface area contributed by atoms with Crippen molar-refractivity contribution in [1.82, 2.24) is 52.6 Å². The molecule has 36 nitrogen and oxygen atoms in total. The summed E-state index contributed by atoms with van der Waals surface area (Å²) >= 11 is 7.18. The highest BCUT2D eigenvalue weighted by Gasteiger charge is 2.51. The van der Waals surface area contributed by atoms with E-state index < -0.39 is 202 Å². The normalized spacial score (nSPS) is 27.5. The topological polar surface area (TPSA) is 554 Å². The Morgan fingerprint density at radius 3 is 1.95 bits per heavy atom. The maximum atomic E-state index is 16.4. The van der Waals surface area contributed by atoms with Gasteiger partial charge in [-0.2, -0.15) is 0 Å². The second-order valence-electron chi connectivity index (χ2n) is 31.6. The fraction of sp³-hybridized carbons (Fsp3) is 0.444. The highest BCUT2D eigenvalue weighted by atomic mass is 35.5. The van der Waals surface area contributed by atoms with E-state index in [2.05, 4.69) is 57.9 Å². The van der Waals surface area contributed by atoms with Gasteiger partial charge in [0.25, 0.3) is 0 Å². The lowest BCUT2D eigenvalue weighted by Crippen LogP contribution is -2.60. The van der Waals surface area contributed by atoms with Crippen LogP contribution in [0, 0.1) is 36.5 Å². The molecular weight excluding hydrogens is 1590 g/mol. The number of benzene rings is 6. The van der Waals surface area contributed by atoms with Crippen LogP contribution in [-0.2, 0) is 53.1 Å². The van der Waals surface area contributed by atoms with Crippen molar-refractivity contribution in [3.05, 3.63) is 142 Å². The number of aromatic hydroxyl groups is 3. The van der Waals surface area contributed by atoms with Crippen LogP contribution in [0.15, 0.2) is 103 Å².